The fourth-order valence-corrected chi connectivity index (χ4v) is 8.41. The molecule has 0 aliphatic carbocycles. The molecule has 0 spiro atoms. The van der Waals surface area contributed by atoms with E-state index in [1.807, 2.05) is 59.1 Å². The topological polar surface area (TPSA) is 73.5 Å². The highest BCUT2D eigenvalue weighted by Crippen LogP contribution is 2.44. The minimum absolute atomic E-state index is 0.147. The van der Waals surface area contributed by atoms with Crippen molar-refractivity contribution in [3.05, 3.63) is 132 Å². The molecule has 45 heavy (non-hydrogen) atoms. The number of hydrogen-bond acceptors (Lipinski definition) is 6. The van der Waals surface area contributed by atoms with Crippen LogP contribution in [0.2, 0.25) is 0 Å². The normalized spacial score (nSPS) is 12.7. The molecule has 7 rings (SSSR count). The van der Waals surface area contributed by atoms with Crippen molar-refractivity contribution in [3.63, 3.8) is 0 Å². The Labute approximate surface area is 272 Å². The first kappa shape index (κ1) is 28.9. The summed E-state index contributed by atoms with van der Waals surface area (Å²) in [7, 11) is 0. The van der Waals surface area contributed by atoms with E-state index in [9.17, 15) is 9.59 Å². The number of aromatic nitrogens is 1. The van der Waals surface area contributed by atoms with E-state index in [1.165, 1.54) is 35.8 Å². The summed E-state index contributed by atoms with van der Waals surface area (Å²) in [6, 6.07) is 32.4. The predicted octanol–water partition coefficient (Wildman–Crippen LogP) is 8.45. The summed E-state index contributed by atoms with van der Waals surface area (Å²) in [5.74, 6) is -1.16. The van der Waals surface area contributed by atoms with Gasteiger partial charge in [-0.2, -0.15) is 4.57 Å². The van der Waals surface area contributed by atoms with Gasteiger partial charge in [0.05, 0.1) is 5.00 Å². The number of anilines is 3. The highest BCUT2D eigenvalue weighted by molar-refractivity contribution is 7.27. The number of nitrogens with zero attached hydrogens (tertiary/aromatic N) is 2. The van der Waals surface area contributed by atoms with Gasteiger partial charge < -0.3 is 15.3 Å². The Kier molecular flexibility index (Phi) is 8.13. The second kappa shape index (κ2) is 12.6. The predicted molar refractivity (Wildman–Crippen MR) is 185 cm³/mol. The molecule has 9 heteroatoms. The van der Waals surface area contributed by atoms with Crippen molar-refractivity contribution in [2.75, 3.05) is 16.8 Å². The van der Waals surface area contributed by atoms with Crippen molar-refractivity contribution in [1.29, 1.82) is 0 Å². The van der Waals surface area contributed by atoms with Crippen LogP contribution in [0.15, 0.2) is 115 Å². The molecule has 1 amide bonds. The summed E-state index contributed by atoms with van der Waals surface area (Å²) >= 11 is 5.42. The van der Waals surface area contributed by atoms with E-state index in [-0.39, 0.29) is 12.5 Å². The van der Waals surface area contributed by atoms with Crippen molar-refractivity contribution < 1.29 is 19.3 Å². The molecule has 1 aliphatic heterocycles. The summed E-state index contributed by atoms with van der Waals surface area (Å²) in [5, 5.41) is 15.5. The Balaban J connectivity index is 1.15. The van der Waals surface area contributed by atoms with E-state index in [4.69, 9.17) is 5.11 Å². The SMILES string of the molecule is O=C(O)C[n+]1ccc(/C(=C/c2ccc3c(c2)CCN3c2ccc(-c3ccc(-c4cccs4)s3)s2)C(=O)Nc2ccccc2)cc1. The van der Waals surface area contributed by atoms with Crippen molar-refractivity contribution in [1.82, 2.24) is 0 Å². The lowest BCUT2D eigenvalue weighted by Gasteiger charge is -2.17. The van der Waals surface area contributed by atoms with Crippen LogP contribution in [0.25, 0.3) is 31.2 Å². The maximum Gasteiger partial charge on any atom is 0.370 e. The third-order valence-electron chi connectivity index (χ3n) is 7.58. The molecule has 0 atom stereocenters. The molecule has 2 N–H and O–H groups in total. The van der Waals surface area contributed by atoms with Gasteiger partial charge in [-0.15, -0.1) is 34.0 Å². The first-order valence-electron chi connectivity index (χ1n) is 14.4. The Morgan fingerprint density at radius 1 is 0.844 bits per heavy atom. The Morgan fingerprint density at radius 2 is 1.60 bits per heavy atom. The number of benzene rings is 2. The highest BCUT2D eigenvalue weighted by Gasteiger charge is 2.23. The number of carboxylic acids is 1. The van der Waals surface area contributed by atoms with Gasteiger partial charge in [-0.25, -0.2) is 4.79 Å². The summed E-state index contributed by atoms with van der Waals surface area (Å²) in [6.07, 6.45) is 6.19. The summed E-state index contributed by atoms with van der Waals surface area (Å²) < 4.78 is 1.57. The fraction of sp³-hybridized carbons (Fsp3) is 0.0833. The van der Waals surface area contributed by atoms with Gasteiger partial charge in [0.1, 0.15) is 0 Å². The van der Waals surface area contributed by atoms with Crippen molar-refractivity contribution in [3.8, 4) is 19.5 Å². The van der Waals surface area contributed by atoms with Crippen LogP contribution in [0, 0.1) is 0 Å². The Bertz CT molecular complexity index is 2010. The molecule has 0 saturated carbocycles. The van der Waals surface area contributed by atoms with Crippen LogP contribution < -0.4 is 14.8 Å². The maximum atomic E-state index is 13.6. The number of rotatable bonds is 9. The van der Waals surface area contributed by atoms with E-state index in [1.54, 1.807) is 40.4 Å². The number of nitrogens with one attached hydrogen (secondary N) is 1. The zero-order valence-electron chi connectivity index (χ0n) is 24.1. The van der Waals surface area contributed by atoms with Crippen LogP contribution in [0.5, 0.6) is 0 Å². The molecule has 1 aliphatic rings. The highest BCUT2D eigenvalue weighted by atomic mass is 32.1. The van der Waals surface area contributed by atoms with E-state index >= 15 is 0 Å². The standard InChI is InChI=1S/C36H27N3O3S3/c40-35(41)23-38-17-14-25(15-18-38)28(36(42)37-27-5-2-1-3-6-27)22-24-8-9-29-26(21-24)16-19-39(29)34-13-12-33(45-34)32-11-10-31(44-32)30-7-4-20-43-30/h1-15,17-18,20-22H,16,19,23H2,(H-,37,40,41,42)/p+1. The zero-order chi connectivity index (χ0) is 30.8. The summed E-state index contributed by atoms with van der Waals surface area (Å²) in [5.41, 5.74) is 5.27. The number of carbonyl (C=O) groups excluding carboxylic acids is 1. The lowest BCUT2D eigenvalue weighted by molar-refractivity contribution is -0.685. The molecule has 222 valence electrons. The van der Waals surface area contributed by atoms with Crippen LogP contribution in [0.4, 0.5) is 16.4 Å². The van der Waals surface area contributed by atoms with E-state index in [2.05, 4.69) is 70.2 Å². The molecule has 5 heterocycles. The number of aliphatic carboxylic acids is 1. The molecule has 0 unspecified atom stereocenters. The maximum absolute atomic E-state index is 13.6. The number of carbonyl (C=O) groups is 2. The van der Waals surface area contributed by atoms with Gasteiger partial charge in [-0.05, 0) is 89.2 Å². The van der Waals surface area contributed by atoms with Gasteiger partial charge in [-0.1, -0.05) is 30.3 Å². The minimum atomic E-state index is -0.925. The zero-order valence-corrected chi connectivity index (χ0v) is 26.5. The first-order valence-corrected chi connectivity index (χ1v) is 17.0. The first-order chi connectivity index (χ1) is 22.0. The number of pyridine rings is 1. The van der Waals surface area contributed by atoms with Crippen LogP contribution in [0.1, 0.15) is 16.7 Å². The van der Waals surface area contributed by atoms with Crippen LogP contribution in [-0.2, 0) is 22.6 Å². The smallest absolute Gasteiger partial charge is 0.370 e. The van der Waals surface area contributed by atoms with Gasteiger partial charge in [0.25, 0.3) is 5.91 Å². The number of fused-ring (bicyclic) bond motifs is 1. The van der Waals surface area contributed by atoms with Crippen molar-refractivity contribution >= 4 is 73.9 Å². The Hall–Kier alpha value is -4.83. The molecule has 2 aromatic carbocycles. The van der Waals surface area contributed by atoms with Gasteiger partial charge in [0.15, 0.2) is 12.4 Å². The third kappa shape index (κ3) is 6.37. The fourth-order valence-electron chi connectivity index (χ4n) is 5.43. The molecule has 4 aromatic heterocycles. The average molecular weight is 647 g/mol. The number of amides is 1. The average Bonchev–Trinajstić information content (AvgIpc) is 3.87. The molecule has 0 radical (unpaired) electrons. The molecule has 6 nitrogen and oxygen atoms in total. The van der Waals surface area contributed by atoms with Gasteiger partial charge in [0, 0.05) is 55.1 Å². The number of para-hydroxylation sites is 1. The minimum Gasteiger partial charge on any atom is -0.477 e. The molecular formula is C36H28N3O3S3+. The quantitative estimate of drug-likeness (QED) is 0.122. The molecule has 6 aromatic rings. The third-order valence-corrected chi connectivity index (χ3v) is 11.0. The molecule has 0 fully saturated rings. The lowest BCUT2D eigenvalue weighted by Crippen LogP contribution is -2.37. The Morgan fingerprint density at radius 3 is 2.36 bits per heavy atom. The van der Waals surface area contributed by atoms with Crippen molar-refractivity contribution in [2.45, 2.75) is 13.0 Å². The molecule has 0 saturated heterocycles. The van der Waals surface area contributed by atoms with Gasteiger partial charge in [0.2, 0.25) is 6.54 Å². The largest absolute Gasteiger partial charge is 0.477 e. The number of thiophene rings is 3. The second-order valence-electron chi connectivity index (χ2n) is 10.6. The summed E-state index contributed by atoms with van der Waals surface area (Å²) in [6.45, 7) is 0.753. The number of carboxylic acid groups (broad SMARTS) is 1. The molecule has 0 bridgehead atoms. The second-order valence-corrected chi connectivity index (χ2v) is 13.7. The van der Waals surface area contributed by atoms with Crippen LogP contribution in [-0.4, -0.2) is 23.5 Å². The van der Waals surface area contributed by atoms with Gasteiger partial charge in [-0.3, -0.25) is 4.79 Å². The number of hydrogen-bond donors (Lipinski definition) is 2. The molecular weight excluding hydrogens is 619 g/mol. The van der Waals surface area contributed by atoms with E-state index < -0.39 is 5.97 Å². The van der Waals surface area contributed by atoms with E-state index in [0.717, 1.165) is 18.5 Å². The van der Waals surface area contributed by atoms with Gasteiger partial charge >= 0.3 is 5.97 Å². The summed E-state index contributed by atoms with van der Waals surface area (Å²) in [4.78, 5) is 32.2. The lowest BCUT2D eigenvalue weighted by atomic mass is 10.0. The van der Waals surface area contributed by atoms with Crippen LogP contribution >= 0.6 is 34.0 Å². The van der Waals surface area contributed by atoms with Crippen molar-refractivity contribution in [2.24, 2.45) is 0 Å². The van der Waals surface area contributed by atoms with E-state index in [0.29, 0.717) is 16.8 Å². The van der Waals surface area contributed by atoms with Crippen LogP contribution in [0.3, 0.4) is 0 Å². The monoisotopic (exact) mass is 646 g/mol.